The number of nitrogens with zero attached hydrogens (tertiary/aromatic N) is 4. The van der Waals surface area contributed by atoms with E-state index >= 15 is 4.39 Å². The topological polar surface area (TPSA) is 73.8 Å². The van der Waals surface area contributed by atoms with E-state index in [1.54, 1.807) is 17.0 Å². The van der Waals surface area contributed by atoms with Crippen molar-refractivity contribution in [3.63, 3.8) is 0 Å². The van der Waals surface area contributed by atoms with Gasteiger partial charge in [-0.15, -0.1) is 0 Å². The number of benzene rings is 3. The normalized spacial score (nSPS) is 22.0. The van der Waals surface area contributed by atoms with Gasteiger partial charge in [0, 0.05) is 55.6 Å². The number of ether oxygens (including phenoxy) is 1. The van der Waals surface area contributed by atoms with Gasteiger partial charge in [-0.2, -0.15) is 9.97 Å². The molecule has 4 aromatic rings. The number of hydrogen-bond acceptors (Lipinski definition) is 7. The van der Waals surface area contributed by atoms with E-state index in [4.69, 9.17) is 21.3 Å². The summed E-state index contributed by atoms with van der Waals surface area (Å²) in [5.74, 6) is -2.71. The van der Waals surface area contributed by atoms with Crippen LogP contribution in [0.3, 0.4) is 0 Å². The zero-order valence-electron chi connectivity index (χ0n) is 22.9. The Kier molecular flexibility index (Phi) is 7.03. The van der Waals surface area contributed by atoms with Gasteiger partial charge in [0.05, 0.1) is 18.2 Å². The van der Waals surface area contributed by atoms with Crippen LogP contribution in [0, 0.1) is 5.82 Å². The second kappa shape index (κ2) is 10.7. The molecular formula is C31H31ClF3N5O2. The molecule has 11 heteroatoms. The van der Waals surface area contributed by atoms with E-state index in [9.17, 15) is 13.9 Å². The Balaban J connectivity index is 1.27. The molecule has 2 bridgehead atoms. The second-order valence-electron chi connectivity index (χ2n) is 11.6. The number of aromatic hydroxyl groups is 1. The lowest BCUT2D eigenvalue weighted by Gasteiger charge is -2.34. The van der Waals surface area contributed by atoms with Gasteiger partial charge in [-0.1, -0.05) is 35.9 Å². The number of phenolic OH excluding ortho intramolecular Hbond substituents is 1. The first-order chi connectivity index (χ1) is 20.2. The van der Waals surface area contributed by atoms with Gasteiger partial charge in [-0.05, 0) is 53.8 Å². The highest BCUT2D eigenvalue weighted by Crippen LogP contribution is 2.43. The quantitative estimate of drug-likeness (QED) is 0.253. The Morgan fingerprint density at radius 3 is 2.62 bits per heavy atom. The van der Waals surface area contributed by atoms with Crippen molar-refractivity contribution in [2.24, 2.45) is 0 Å². The van der Waals surface area contributed by atoms with Crippen molar-refractivity contribution in [1.82, 2.24) is 20.2 Å². The third-order valence-corrected chi connectivity index (χ3v) is 8.87. The highest BCUT2D eigenvalue weighted by Gasteiger charge is 2.38. The minimum absolute atomic E-state index is 0.00119. The third kappa shape index (κ3) is 5.20. The molecule has 3 saturated heterocycles. The molecule has 0 saturated carbocycles. The third-order valence-electron chi connectivity index (χ3n) is 8.57. The molecule has 0 unspecified atom stereocenters. The lowest BCUT2D eigenvalue weighted by Crippen LogP contribution is -2.51. The summed E-state index contributed by atoms with van der Waals surface area (Å²) < 4.78 is 49.7. The molecular weight excluding hydrogens is 567 g/mol. The van der Waals surface area contributed by atoms with Crippen molar-refractivity contribution < 1.29 is 23.0 Å². The number of piperazine rings is 1. The molecule has 3 aliphatic heterocycles. The minimum atomic E-state index is -2.64. The first-order valence-corrected chi connectivity index (χ1v) is 14.8. The Morgan fingerprint density at radius 1 is 1.07 bits per heavy atom. The van der Waals surface area contributed by atoms with Gasteiger partial charge in [0.25, 0.3) is 5.92 Å². The Labute approximate surface area is 246 Å². The highest BCUT2D eigenvalue weighted by atomic mass is 35.5. The average molecular weight is 598 g/mol. The standard InChI is InChI=1S/C31H31ClF3N5O2/c32-25-14-24-28(27(33)26(25)23-13-21(41)12-18-4-1-2-5-22(18)23)37-30(42-11-3-9-39-10-8-31(34,35)17-39)38-29(24)40-15-19-6-7-20(16-40)36-19/h1-2,4-5,12-14,19-20,36,41H,3,6-11,15-17H2/t19-,20+. The number of rotatable bonds is 7. The van der Waals surface area contributed by atoms with E-state index in [0.717, 1.165) is 23.6 Å². The maximum atomic E-state index is 16.6. The molecule has 1 aromatic heterocycles. The molecule has 0 spiro atoms. The number of nitrogens with one attached hydrogen (secondary N) is 1. The van der Waals surface area contributed by atoms with Crippen LogP contribution in [-0.2, 0) is 0 Å². The molecule has 3 aromatic carbocycles. The predicted molar refractivity (Wildman–Crippen MR) is 157 cm³/mol. The smallest absolute Gasteiger partial charge is 0.319 e. The summed E-state index contributed by atoms with van der Waals surface area (Å²) >= 11 is 6.80. The Morgan fingerprint density at radius 2 is 1.86 bits per heavy atom. The van der Waals surface area contributed by atoms with E-state index in [2.05, 4.69) is 15.2 Å². The minimum Gasteiger partial charge on any atom is -0.508 e. The van der Waals surface area contributed by atoms with Crippen LogP contribution in [0.2, 0.25) is 5.02 Å². The fourth-order valence-electron chi connectivity index (χ4n) is 6.63. The summed E-state index contributed by atoms with van der Waals surface area (Å²) in [6.45, 7) is 2.21. The molecule has 0 radical (unpaired) electrons. The molecule has 4 heterocycles. The summed E-state index contributed by atoms with van der Waals surface area (Å²) in [7, 11) is 0. The maximum Gasteiger partial charge on any atom is 0.319 e. The van der Waals surface area contributed by atoms with Crippen LogP contribution in [0.25, 0.3) is 32.8 Å². The molecule has 220 valence electrons. The van der Waals surface area contributed by atoms with Gasteiger partial charge in [-0.3, -0.25) is 4.90 Å². The summed E-state index contributed by atoms with van der Waals surface area (Å²) in [5.41, 5.74) is 0.675. The molecule has 2 N–H and O–H groups in total. The maximum absolute atomic E-state index is 16.6. The van der Waals surface area contributed by atoms with Crippen LogP contribution in [-0.4, -0.2) is 77.3 Å². The molecule has 7 rings (SSSR count). The lowest BCUT2D eigenvalue weighted by atomic mass is 9.96. The van der Waals surface area contributed by atoms with E-state index in [1.807, 2.05) is 24.3 Å². The fraction of sp³-hybridized carbons (Fsp3) is 0.419. The number of likely N-dealkylation sites (tertiary alicyclic amines) is 1. The van der Waals surface area contributed by atoms with Gasteiger partial charge < -0.3 is 20.1 Å². The Hall–Kier alpha value is -3.34. The average Bonchev–Trinajstić information content (AvgIpc) is 3.49. The van der Waals surface area contributed by atoms with Crippen LogP contribution < -0.4 is 15.0 Å². The van der Waals surface area contributed by atoms with Crippen LogP contribution in [0.1, 0.15) is 25.7 Å². The molecule has 3 fully saturated rings. The number of halogens is 4. The summed E-state index contributed by atoms with van der Waals surface area (Å²) in [6.07, 6.45) is 2.50. The molecule has 2 atom stereocenters. The first-order valence-electron chi connectivity index (χ1n) is 14.4. The van der Waals surface area contributed by atoms with Gasteiger partial charge in [-0.25, -0.2) is 13.2 Å². The van der Waals surface area contributed by atoms with Gasteiger partial charge in [0.1, 0.15) is 17.1 Å². The van der Waals surface area contributed by atoms with E-state index in [-0.39, 0.29) is 47.4 Å². The Bertz CT molecular complexity index is 1660. The van der Waals surface area contributed by atoms with Crippen LogP contribution in [0.5, 0.6) is 11.8 Å². The summed E-state index contributed by atoms with van der Waals surface area (Å²) in [5, 5.41) is 16.2. The molecule has 0 amide bonds. The number of fused-ring (bicyclic) bond motifs is 4. The zero-order chi connectivity index (χ0) is 29.0. The van der Waals surface area contributed by atoms with Crippen molar-refractivity contribution in [2.75, 3.05) is 44.2 Å². The second-order valence-corrected chi connectivity index (χ2v) is 12.0. The fourth-order valence-corrected chi connectivity index (χ4v) is 6.93. The number of phenols is 1. The van der Waals surface area contributed by atoms with Gasteiger partial charge in [0.15, 0.2) is 5.82 Å². The summed E-state index contributed by atoms with van der Waals surface area (Å²) in [4.78, 5) is 13.1. The van der Waals surface area contributed by atoms with Crippen molar-refractivity contribution in [1.29, 1.82) is 0 Å². The number of alkyl halides is 2. The van der Waals surface area contributed by atoms with Gasteiger partial charge >= 0.3 is 6.01 Å². The van der Waals surface area contributed by atoms with E-state index in [0.29, 0.717) is 61.5 Å². The molecule has 3 aliphatic rings. The highest BCUT2D eigenvalue weighted by molar-refractivity contribution is 6.35. The molecule has 7 nitrogen and oxygen atoms in total. The lowest BCUT2D eigenvalue weighted by molar-refractivity contribution is 0.0118. The molecule has 0 aliphatic carbocycles. The largest absolute Gasteiger partial charge is 0.508 e. The number of hydrogen-bond donors (Lipinski definition) is 2. The van der Waals surface area contributed by atoms with Crippen molar-refractivity contribution in [3.05, 3.63) is 53.3 Å². The van der Waals surface area contributed by atoms with E-state index < -0.39 is 11.7 Å². The van der Waals surface area contributed by atoms with Crippen LogP contribution in [0.15, 0.2) is 42.5 Å². The first kappa shape index (κ1) is 27.5. The number of anilines is 1. The monoisotopic (exact) mass is 597 g/mol. The summed E-state index contributed by atoms with van der Waals surface area (Å²) in [6, 6.07) is 12.9. The zero-order valence-corrected chi connectivity index (χ0v) is 23.7. The molecule has 42 heavy (non-hydrogen) atoms. The number of aromatic nitrogens is 2. The van der Waals surface area contributed by atoms with Crippen LogP contribution in [0.4, 0.5) is 19.0 Å². The SMILES string of the molecule is Oc1cc(-c2c(Cl)cc3c(N4C[C@H]5CC[C@@H](C4)N5)nc(OCCCN4CCC(F)(F)C4)nc3c2F)c2ccccc2c1. The predicted octanol–water partition coefficient (Wildman–Crippen LogP) is 6.00. The van der Waals surface area contributed by atoms with Crippen molar-refractivity contribution >= 4 is 39.1 Å². The van der Waals surface area contributed by atoms with Crippen molar-refractivity contribution in [3.8, 4) is 22.9 Å². The van der Waals surface area contributed by atoms with Gasteiger partial charge in [0.2, 0.25) is 0 Å². The van der Waals surface area contributed by atoms with Crippen molar-refractivity contribution in [2.45, 2.75) is 43.7 Å². The van der Waals surface area contributed by atoms with E-state index in [1.165, 1.54) is 6.07 Å². The van der Waals surface area contributed by atoms with Crippen LogP contribution >= 0.6 is 11.6 Å².